The Morgan fingerprint density at radius 2 is 2.24 bits per heavy atom. The van der Waals surface area contributed by atoms with E-state index in [0.29, 0.717) is 11.4 Å². The number of benzene rings is 1. The van der Waals surface area contributed by atoms with Gasteiger partial charge in [-0.05, 0) is 44.0 Å². The molecule has 0 radical (unpaired) electrons. The minimum absolute atomic E-state index is 0.113. The van der Waals surface area contributed by atoms with E-state index in [1.807, 2.05) is 32.0 Å². The average Bonchev–Trinajstić information content (AvgIpc) is 2.99. The Morgan fingerprint density at radius 1 is 1.43 bits per heavy atom. The number of aromatic nitrogens is 3. The zero-order valence-electron chi connectivity index (χ0n) is 12.6. The van der Waals surface area contributed by atoms with E-state index < -0.39 is 0 Å². The quantitative estimate of drug-likeness (QED) is 0.762. The van der Waals surface area contributed by atoms with Crippen LogP contribution in [-0.2, 0) is 0 Å². The van der Waals surface area contributed by atoms with Gasteiger partial charge in [-0.15, -0.1) is 0 Å². The van der Waals surface area contributed by atoms with Crippen molar-refractivity contribution in [2.75, 3.05) is 11.9 Å². The van der Waals surface area contributed by atoms with E-state index in [1.54, 1.807) is 0 Å². The normalized spacial score (nSPS) is 12.0. The molecule has 0 spiro atoms. The Hall–Kier alpha value is -2.37. The van der Waals surface area contributed by atoms with Crippen LogP contribution in [0.15, 0.2) is 24.5 Å². The number of aromatic amines is 1. The van der Waals surface area contributed by atoms with Crippen molar-refractivity contribution >= 4 is 11.6 Å². The van der Waals surface area contributed by atoms with Crippen LogP contribution in [0.1, 0.15) is 48.1 Å². The molecule has 112 valence electrons. The van der Waals surface area contributed by atoms with Gasteiger partial charge in [-0.1, -0.05) is 6.92 Å². The molecule has 0 bridgehead atoms. The molecule has 0 saturated carbocycles. The van der Waals surface area contributed by atoms with Gasteiger partial charge in [0.25, 0.3) is 5.91 Å². The Labute approximate surface area is 124 Å². The third-order valence-electron chi connectivity index (χ3n) is 3.24. The second-order valence-corrected chi connectivity index (χ2v) is 5.02. The molecular formula is C15H21N5O. The van der Waals surface area contributed by atoms with Gasteiger partial charge >= 0.3 is 0 Å². The second-order valence-electron chi connectivity index (χ2n) is 5.02. The molecule has 0 aliphatic heterocycles. The lowest BCUT2D eigenvalue weighted by molar-refractivity contribution is 0.0938. The van der Waals surface area contributed by atoms with Crippen LogP contribution in [-0.4, -0.2) is 27.6 Å². The lowest BCUT2D eigenvalue weighted by Gasteiger charge is -2.13. The van der Waals surface area contributed by atoms with Crippen molar-refractivity contribution in [1.82, 2.24) is 20.5 Å². The molecule has 0 fully saturated rings. The molecule has 0 saturated heterocycles. The maximum absolute atomic E-state index is 12.3. The van der Waals surface area contributed by atoms with Crippen LogP contribution < -0.4 is 10.6 Å². The maximum Gasteiger partial charge on any atom is 0.252 e. The van der Waals surface area contributed by atoms with Crippen molar-refractivity contribution in [2.24, 2.45) is 0 Å². The van der Waals surface area contributed by atoms with Crippen LogP contribution in [0, 0.1) is 6.92 Å². The van der Waals surface area contributed by atoms with E-state index in [0.717, 1.165) is 24.2 Å². The summed E-state index contributed by atoms with van der Waals surface area (Å²) in [4.78, 5) is 16.3. The van der Waals surface area contributed by atoms with Crippen LogP contribution in [0.5, 0.6) is 0 Å². The van der Waals surface area contributed by atoms with E-state index in [1.165, 1.54) is 6.33 Å². The van der Waals surface area contributed by atoms with Crippen LogP contribution >= 0.6 is 0 Å². The SMILES string of the molecule is CCCNc1ccc(C(=O)NC(C)c2ncn[nH]2)c(C)c1. The van der Waals surface area contributed by atoms with Crippen LogP contribution in [0.2, 0.25) is 0 Å². The summed E-state index contributed by atoms with van der Waals surface area (Å²) in [6.45, 7) is 6.84. The summed E-state index contributed by atoms with van der Waals surface area (Å²) < 4.78 is 0. The molecule has 6 nitrogen and oxygen atoms in total. The molecule has 6 heteroatoms. The minimum Gasteiger partial charge on any atom is -0.385 e. The highest BCUT2D eigenvalue weighted by Crippen LogP contribution is 2.16. The number of aryl methyl sites for hydroxylation is 1. The maximum atomic E-state index is 12.3. The molecule has 1 amide bonds. The Bertz CT molecular complexity index is 594. The third kappa shape index (κ3) is 3.81. The van der Waals surface area contributed by atoms with Crippen molar-refractivity contribution < 1.29 is 4.79 Å². The van der Waals surface area contributed by atoms with E-state index >= 15 is 0 Å². The fraction of sp³-hybridized carbons (Fsp3) is 0.400. The summed E-state index contributed by atoms with van der Waals surface area (Å²) >= 11 is 0. The number of carbonyl (C=O) groups is 1. The Balaban J connectivity index is 2.05. The molecule has 1 heterocycles. The number of nitrogens with one attached hydrogen (secondary N) is 3. The van der Waals surface area contributed by atoms with Crippen LogP contribution in [0.3, 0.4) is 0 Å². The van der Waals surface area contributed by atoms with Gasteiger partial charge in [0.1, 0.15) is 12.2 Å². The van der Waals surface area contributed by atoms with Gasteiger partial charge in [0, 0.05) is 17.8 Å². The number of amides is 1. The molecule has 1 aromatic carbocycles. The molecule has 21 heavy (non-hydrogen) atoms. The van der Waals surface area contributed by atoms with Crippen LogP contribution in [0.25, 0.3) is 0 Å². The average molecular weight is 287 g/mol. The molecule has 1 atom stereocenters. The van der Waals surface area contributed by atoms with Crippen molar-refractivity contribution in [1.29, 1.82) is 0 Å². The first-order valence-corrected chi connectivity index (χ1v) is 7.12. The first kappa shape index (κ1) is 15.0. The van der Waals surface area contributed by atoms with Crippen molar-refractivity contribution in [2.45, 2.75) is 33.2 Å². The smallest absolute Gasteiger partial charge is 0.252 e. The molecular weight excluding hydrogens is 266 g/mol. The largest absolute Gasteiger partial charge is 0.385 e. The molecule has 1 unspecified atom stereocenters. The lowest BCUT2D eigenvalue weighted by Crippen LogP contribution is -2.28. The van der Waals surface area contributed by atoms with Crippen molar-refractivity contribution in [3.8, 4) is 0 Å². The number of anilines is 1. The van der Waals surface area contributed by atoms with Gasteiger partial charge in [0.2, 0.25) is 0 Å². The highest BCUT2D eigenvalue weighted by Gasteiger charge is 2.15. The fourth-order valence-electron chi connectivity index (χ4n) is 2.06. The fourth-order valence-corrected chi connectivity index (χ4v) is 2.06. The van der Waals surface area contributed by atoms with Gasteiger partial charge < -0.3 is 10.6 Å². The second kappa shape index (κ2) is 6.88. The molecule has 0 aliphatic rings. The molecule has 1 aromatic heterocycles. The summed E-state index contributed by atoms with van der Waals surface area (Å²) in [7, 11) is 0. The predicted octanol–water partition coefficient (Wildman–Crippen LogP) is 2.43. The summed E-state index contributed by atoms with van der Waals surface area (Å²) in [5.41, 5.74) is 2.65. The molecule has 2 rings (SSSR count). The molecule has 2 aromatic rings. The monoisotopic (exact) mass is 287 g/mol. The Morgan fingerprint density at radius 3 is 2.86 bits per heavy atom. The highest BCUT2D eigenvalue weighted by molar-refractivity contribution is 5.96. The van der Waals surface area contributed by atoms with E-state index in [-0.39, 0.29) is 11.9 Å². The number of carbonyl (C=O) groups excluding carboxylic acids is 1. The van der Waals surface area contributed by atoms with Gasteiger partial charge in [-0.25, -0.2) is 4.98 Å². The van der Waals surface area contributed by atoms with Gasteiger partial charge in [0.15, 0.2) is 0 Å². The Kier molecular flexibility index (Phi) is 4.92. The number of hydrogen-bond donors (Lipinski definition) is 3. The van der Waals surface area contributed by atoms with Crippen molar-refractivity contribution in [3.05, 3.63) is 41.5 Å². The first-order chi connectivity index (χ1) is 10.1. The van der Waals surface area contributed by atoms with E-state index in [9.17, 15) is 4.79 Å². The number of hydrogen-bond acceptors (Lipinski definition) is 4. The number of rotatable bonds is 6. The number of H-pyrrole nitrogens is 1. The van der Waals surface area contributed by atoms with Gasteiger partial charge in [-0.3, -0.25) is 9.89 Å². The third-order valence-corrected chi connectivity index (χ3v) is 3.24. The zero-order chi connectivity index (χ0) is 15.2. The predicted molar refractivity (Wildman–Crippen MR) is 82.2 cm³/mol. The topological polar surface area (TPSA) is 82.7 Å². The van der Waals surface area contributed by atoms with Gasteiger partial charge in [-0.2, -0.15) is 5.10 Å². The van der Waals surface area contributed by atoms with Crippen molar-refractivity contribution in [3.63, 3.8) is 0 Å². The number of nitrogens with zero attached hydrogens (tertiary/aromatic N) is 2. The summed E-state index contributed by atoms with van der Waals surface area (Å²) in [6, 6.07) is 5.55. The van der Waals surface area contributed by atoms with Crippen LogP contribution in [0.4, 0.5) is 5.69 Å². The summed E-state index contributed by atoms with van der Waals surface area (Å²) in [5.74, 6) is 0.528. The van der Waals surface area contributed by atoms with Gasteiger partial charge in [0.05, 0.1) is 6.04 Å². The molecule has 0 aliphatic carbocycles. The van der Waals surface area contributed by atoms with E-state index in [4.69, 9.17) is 0 Å². The summed E-state index contributed by atoms with van der Waals surface area (Å²) in [5, 5.41) is 12.8. The highest BCUT2D eigenvalue weighted by atomic mass is 16.1. The minimum atomic E-state index is -0.211. The zero-order valence-corrected chi connectivity index (χ0v) is 12.6. The summed E-state index contributed by atoms with van der Waals surface area (Å²) in [6.07, 6.45) is 2.49. The standard InChI is InChI=1S/C15H21N5O/c1-4-7-16-12-5-6-13(10(2)8-12)15(21)19-11(3)14-17-9-18-20-14/h5-6,8-9,11,16H,4,7H2,1-3H3,(H,19,21)(H,17,18,20). The molecule has 3 N–H and O–H groups in total. The van der Waals surface area contributed by atoms with E-state index in [2.05, 4.69) is 32.7 Å². The first-order valence-electron chi connectivity index (χ1n) is 7.12. The lowest BCUT2D eigenvalue weighted by atomic mass is 10.1.